The van der Waals surface area contributed by atoms with E-state index in [0.717, 1.165) is 37.8 Å². The van der Waals surface area contributed by atoms with E-state index in [2.05, 4.69) is 13.8 Å². The maximum atomic E-state index is 12.6. The lowest BCUT2D eigenvalue weighted by Crippen LogP contribution is -2.09. The third kappa shape index (κ3) is 5.16. The van der Waals surface area contributed by atoms with Crippen LogP contribution in [0, 0.1) is 5.92 Å². The highest BCUT2D eigenvalue weighted by atomic mass is 19.4. The summed E-state index contributed by atoms with van der Waals surface area (Å²) in [6, 6.07) is 5.00. The van der Waals surface area contributed by atoms with Crippen LogP contribution >= 0.6 is 0 Å². The maximum Gasteiger partial charge on any atom is 0.416 e. The molecule has 1 aromatic carbocycles. The van der Waals surface area contributed by atoms with Crippen molar-refractivity contribution in [2.75, 3.05) is 0 Å². The topological polar surface area (TPSA) is 20.2 Å². The van der Waals surface area contributed by atoms with E-state index in [-0.39, 0.29) is 0 Å². The van der Waals surface area contributed by atoms with Gasteiger partial charge in [-0.25, -0.2) is 0 Å². The van der Waals surface area contributed by atoms with Gasteiger partial charge in [-0.05, 0) is 30.0 Å². The van der Waals surface area contributed by atoms with Crippen molar-refractivity contribution in [1.29, 1.82) is 0 Å². The van der Waals surface area contributed by atoms with Crippen LogP contribution in [0.2, 0.25) is 0 Å². The standard InChI is InChI=1S/C16H23F3O/c1-3-5-7-12(4-2)10-15(20)13-8-6-9-14(11-13)16(17,18)19/h6,8-9,11-12,15,20H,3-5,7,10H2,1-2H3. The molecule has 1 aromatic rings. The molecule has 0 bridgehead atoms. The van der Waals surface area contributed by atoms with Crippen molar-refractivity contribution in [3.8, 4) is 0 Å². The Balaban J connectivity index is 2.73. The van der Waals surface area contributed by atoms with Gasteiger partial charge in [0, 0.05) is 0 Å². The molecule has 2 unspecified atom stereocenters. The van der Waals surface area contributed by atoms with Crippen molar-refractivity contribution in [2.45, 2.75) is 58.2 Å². The van der Waals surface area contributed by atoms with Gasteiger partial charge in [0.15, 0.2) is 0 Å². The molecule has 0 heterocycles. The fourth-order valence-electron chi connectivity index (χ4n) is 2.36. The van der Waals surface area contributed by atoms with Crippen LogP contribution in [-0.4, -0.2) is 5.11 Å². The summed E-state index contributed by atoms with van der Waals surface area (Å²) in [5.74, 6) is 0.361. The summed E-state index contributed by atoms with van der Waals surface area (Å²) < 4.78 is 37.9. The lowest BCUT2D eigenvalue weighted by molar-refractivity contribution is -0.137. The van der Waals surface area contributed by atoms with E-state index >= 15 is 0 Å². The molecule has 0 amide bonds. The van der Waals surface area contributed by atoms with Crippen LogP contribution in [0.15, 0.2) is 24.3 Å². The Kier molecular flexibility index (Phi) is 6.53. The fourth-order valence-corrected chi connectivity index (χ4v) is 2.36. The van der Waals surface area contributed by atoms with Crippen LogP contribution in [0.25, 0.3) is 0 Å². The number of halogens is 3. The predicted molar refractivity (Wildman–Crippen MR) is 74.3 cm³/mol. The van der Waals surface area contributed by atoms with Crippen LogP contribution in [0.4, 0.5) is 13.2 Å². The highest BCUT2D eigenvalue weighted by Crippen LogP contribution is 2.32. The second-order valence-corrected chi connectivity index (χ2v) is 5.29. The second kappa shape index (κ2) is 7.67. The average molecular weight is 288 g/mol. The van der Waals surface area contributed by atoms with Crippen molar-refractivity contribution >= 4 is 0 Å². The maximum absolute atomic E-state index is 12.6. The highest BCUT2D eigenvalue weighted by molar-refractivity contribution is 5.27. The highest BCUT2D eigenvalue weighted by Gasteiger charge is 2.31. The SMILES string of the molecule is CCCCC(CC)CC(O)c1cccc(C(F)(F)F)c1. The second-order valence-electron chi connectivity index (χ2n) is 5.29. The number of benzene rings is 1. The summed E-state index contributed by atoms with van der Waals surface area (Å²) in [5.41, 5.74) is -0.342. The number of aliphatic hydroxyl groups is 1. The minimum Gasteiger partial charge on any atom is -0.388 e. The number of hydrogen-bond acceptors (Lipinski definition) is 1. The van der Waals surface area contributed by atoms with E-state index in [0.29, 0.717) is 17.9 Å². The van der Waals surface area contributed by atoms with Gasteiger partial charge >= 0.3 is 6.18 Å². The van der Waals surface area contributed by atoms with E-state index in [1.165, 1.54) is 6.07 Å². The third-order valence-electron chi connectivity index (χ3n) is 3.70. The van der Waals surface area contributed by atoms with Crippen molar-refractivity contribution in [3.05, 3.63) is 35.4 Å². The first-order chi connectivity index (χ1) is 9.38. The van der Waals surface area contributed by atoms with Crippen LogP contribution in [0.5, 0.6) is 0 Å². The monoisotopic (exact) mass is 288 g/mol. The number of unbranched alkanes of at least 4 members (excludes halogenated alkanes) is 1. The van der Waals surface area contributed by atoms with E-state index in [1.807, 2.05) is 0 Å². The van der Waals surface area contributed by atoms with E-state index in [9.17, 15) is 18.3 Å². The number of hydrogen-bond donors (Lipinski definition) is 1. The molecule has 1 N–H and O–H groups in total. The molecule has 4 heteroatoms. The summed E-state index contributed by atoms with van der Waals surface area (Å²) in [4.78, 5) is 0. The van der Waals surface area contributed by atoms with Gasteiger partial charge in [0.2, 0.25) is 0 Å². The van der Waals surface area contributed by atoms with Crippen molar-refractivity contribution in [3.63, 3.8) is 0 Å². The van der Waals surface area contributed by atoms with Gasteiger partial charge < -0.3 is 5.11 Å². The lowest BCUT2D eigenvalue weighted by atomic mass is 9.90. The Morgan fingerprint density at radius 3 is 2.45 bits per heavy atom. The number of alkyl halides is 3. The molecule has 0 aliphatic carbocycles. The first-order valence-electron chi connectivity index (χ1n) is 7.23. The number of aliphatic hydroxyl groups excluding tert-OH is 1. The fraction of sp³-hybridized carbons (Fsp3) is 0.625. The molecule has 0 fully saturated rings. The molecule has 0 spiro atoms. The van der Waals surface area contributed by atoms with E-state index < -0.39 is 17.8 Å². The molecule has 0 aromatic heterocycles. The summed E-state index contributed by atoms with van der Waals surface area (Å²) in [7, 11) is 0. The Morgan fingerprint density at radius 1 is 1.20 bits per heavy atom. The molecule has 2 atom stereocenters. The van der Waals surface area contributed by atoms with Crippen molar-refractivity contribution in [2.24, 2.45) is 5.92 Å². The van der Waals surface area contributed by atoms with Crippen LogP contribution < -0.4 is 0 Å². The first-order valence-corrected chi connectivity index (χ1v) is 7.23. The molecule has 114 valence electrons. The molecule has 1 nitrogen and oxygen atoms in total. The van der Waals surface area contributed by atoms with Crippen molar-refractivity contribution in [1.82, 2.24) is 0 Å². The normalized spacial score (nSPS) is 15.1. The average Bonchev–Trinajstić information content (AvgIpc) is 2.42. The number of rotatable bonds is 7. The van der Waals surface area contributed by atoms with Gasteiger partial charge in [0.1, 0.15) is 0 Å². The quantitative estimate of drug-likeness (QED) is 0.717. The van der Waals surface area contributed by atoms with Gasteiger partial charge in [-0.3, -0.25) is 0 Å². The van der Waals surface area contributed by atoms with Crippen LogP contribution in [0.1, 0.15) is 63.2 Å². The summed E-state index contributed by atoms with van der Waals surface area (Å²) in [6.07, 6.45) is -0.512. The Bertz CT molecular complexity index is 401. The smallest absolute Gasteiger partial charge is 0.388 e. The Morgan fingerprint density at radius 2 is 1.90 bits per heavy atom. The van der Waals surface area contributed by atoms with Crippen LogP contribution in [-0.2, 0) is 6.18 Å². The van der Waals surface area contributed by atoms with Gasteiger partial charge in [0.05, 0.1) is 11.7 Å². The minimum absolute atomic E-state index is 0.356. The molecular formula is C16H23F3O. The molecule has 20 heavy (non-hydrogen) atoms. The Hall–Kier alpha value is -1.03. The molecule has 1 rings (SSSR count). The molecule has 0 aliphatic heterocycles. The van der Waals surface area contributed by atoms with Crippen LogP contribution in [0.3, 0.4) is 0 Å². The molecular weight excluding hydrogens is 265 g/mol. The van der Waals surface area contributed by atoms with E-state index in [1.54, 1.807) is 6.07 Å². The summed E-state index contributed by atoms with van der Waals surface area (Å²) >= 11 is 0. The zero-order valence-corrected chi connectivity index (χ0v) is 12.1. The summed E-state index contributed by atoms with van der Waals surface area (Å²) in [5, 5.41) is 10.1. The molecule has 0 saturated carbocycles. The molecule has 0 saturated heterocycles. The van der Waals surface area contributed by atoms with Gasteiger partial charge in [0.25, 0.3) is 0 Å². The molecule has 0 aliphatic rings. The van der Waals surface area contributed by atoms with Gasteiger partial charge in [-0.1, -0.05) is 51.7 Å². The lowest BCUT2D eigenvalue weighted by Gasteiger charge is -2.20. The Labute approximate surface area is 118 Å². The predicted octanol–water partition coefficient (Wildman–Crippen LogP) is 5.35. The zero-order chi connectivity index (χ0) is 15.2. The van der Waals surface area contributed by atoms with Gasteiger partial charge in [-0.15, -0.1) is 0 Å². The largest absolute Gasteiger partial charge is 0.416 e. The van der Waals surface area contributed by atoms with Crippen molar-refractivity contribution < 1.29 is 18.3 Å². The first kappa shape index (κ1) is 17.0. The summed E-state index contributed by atoms with van der Waals surface area (Å²) in [6.45, 7) is 4.16. The van der Waals surface area contributed by atoms with Gasteiger partial charge in [-0.2, -0.15) is 13.2 Å². The third-order valence-corrected chi connectivity index (χ3v) is 3.70. The molecule has 0 radical (unpaired) electrons. The van der Waals surface area contributed by atoms with E-state index in [4.69, 9.17) is 0 Å². The minimum atomic E-state index is -4.36. The zero-order valence-electron chi connectivity index (χ0n) is 12.1.